The number of fused-ring (bicyclic) bond motifs is 1. The van der Waals surface area contributed by atoms with E-state index in [9.17, 15) is 5.11 Å². The van der Waals surface area contributed by atoms with Gasteiger partial charge in [0.25, 0.3) is 0 Å². The van der Waals surface area contributed by atoms with Gasteiger partial charge < -0.3 is 14.6 Å². The highest BCUT2D eigenvalue weighted by molar-refractivity contribution is 7.14. The van der Waals surface area contributed by atoms with Crippen molar-refractivity contribution in [1.82, 2.24) is 14.6 Å². The molecule has 0 aliphatic carbocycles. The standard InChI is InChI=1S/C25H21N3O3S/c1-30-20-9-16(10-21(12-20)31-2)8-18-13-26-24-22(14-27-28(24)25(18)29)23-11-19(15-32-23)17-6-4-3-5-7-17/h3-7,9-15,29H,8H2,1-2H3. The molecule has 7 heteroatoms. The third kappa shape index (κ3) is 3.67. The normalized spacial score (nSPS) is 11.1. The van der Waals surface area contributed by atoms with E-state index in [0.717, 1.165) is 21.6 Å². The molecule has 3 heterocycles. The van der Waals surface area contributed by atoms with Crippen LogP contribution in [0.2, 0.25) is 0 Å². The molecule has 3 aromatic heterocycles. The average Bonchev–Trinajstić information content (AvgIpc) is 3.49. The van der Waals surface area contributed by atoms with Crippen LogP contribution in [0.3, 0.4) is 0 Å². The summed E-state index contributed by atoms with van der Waals surface area (Å²) in [6, 6.07) is 18.0. The van der Waals surface area contributed by atoms with Crippen LogP contribution in [0, 0.1) is 0 Å². The molecular formula is C25H21N3O3S. The zero-order valence-corrected chi connectivity index (χ0v) is 18.5. The van der Waals surface area contributed by atoms with Gasteiger partial charge in [0.05, 0.1) is 26.0 Å². The van der Waals surface area contributed by atoms with Gasteiger partial charge >= 0.3 is 0 Å². The number of ether oxygens (including phenoxy) is 2. The highest BCUT2D eigenvalue weighted by Gasteiger charge is 2.16. The highest BCUT2D eigenvalue weighted by atomic mass is 32.1. The summed E-state index contributed by atoms with van der Waals surface area (Å²) in [6.07, 6.45) is 3.92. The molecule has 32 heavy (non-hydrogen) atoms. The van der Waals surface area contributed by atoms with Gasteiger partial charge in [-0.3, -0.25) is 0 Å². The van der Waals surface area contributed by atoms with Gasteiger partial charge in [-0.15, -0.1) is 11.3 Å². The molecule has 0 amide bonds. The topological polar surface area (TPSA) is 68.9 Å². The van der Waals surface area contributed by atoms with Gasteiger partial charge in [-0.1, -0.05) is 30.3 Å². The van der Waals surface area contributed by atoms with Crippen molar-refractivity contribution in [1.29, 1.82) is 0 Å². The van der Waals surface area contributed by atoms with Gasteiger partial charge in [0.2, 0.25) is 5.88 Å². The Bertz CT molecular complexity index is 1370. The van der Waals surface area contributed by atoms with Crippen molar-refractivity contribution >= 4 is 17.0 Å². The fourth-order valence-electron chi connectivity index (χ4n) is 3.70. The highest BCUT2D eigenvalue weighted by Crippen LogP contribution is 2.35. The summed E-state index contributed by atoms with van der Waals surface area (Å²) >= 11 is 1.64. The minimum atomic E-state index is 0.0721. The van der Waals surface area contributed by atoms with E-state index < -0.39 is 0 Å². The van der Waals surface area contributed by atoms with E-state index >= 15 is 0 Å². The molecule has 5 aromatic rings. The van der Waals surface area contributed by atoms with Crippen molar-refractivity contribution < 1.29 is 14.6 Å². The number of hydrogen-bond acceptors (Lipinski definition) is 6. The molecular weight excluding hydrogens is 422 g/mol. The Kier molecular flexibility index (Phi) is 5.25. The number of aromatic nitrogens is 3. The summed E-state index contributed by atoms with van der Waals surface area (Å²) in [6.45, 7) is 0. The second-order valence-electron chi connectivity index (χ2n) is 7.36. The monoisotopic (exact) mass is 443 g/mol. The maximum absolute atomic E-state index is 10.9. The smallest absolute Gasteiger partial charge is 0.219 e. The first-order valence-corrected chi connectivity index (χ1v) is 10.9. The molecule has 2 aromatic carbocycles. The molecule has 0 radical (unpaired) electrons. The molecule has 0 aliphatic heterocycles. The summed E-state index contributed by atoms with van der Waals surface area (Å²) < 4.78 is 12.2. The first-order valence-electron chi connectivity index (χ1n) is 10.1. The molecule has 0 atom stereocenters. The van der Waals surface area contributed by atoms with E-state index in [4.69, 9.17) is 9.47 Å². The molecule has 5 rings (SSSR count). The molecule has 0 saturated heterocycles. The van der Waals surface area contributed by atoms with Crippen molar-refractivity contribution in [2.45, 2.75) is 6.42 Å². The largest absolute Gasteiger partial charge is 0.497 e. The lowest BCUT2D eigenvalue weighted by Crippen LogP contribution is -1.99. The van der Waals surface area contributed by atoms with E-state index in [1.165, 1.54) is 10.1 Å². The van der Waals surface area contributed by atoms with E-state index in [-0.39, 0.29) is 5.88 Å². The zero-order valence-electron chi connectivity index (χ0n) is 17.6. The summed E-state index contributed by atoms with van der Waals surface area (Å²) in [5.41, 5.74) is 5.43. The van der Waals surface area contributed by atoms with E-state index in [2.05, 4.69) is 33.7 Å². The molecule has 0 spiro atoms. The fourth-order valence-corrected chi connectivity index (χ4v) is 4.62. The maximum Gasteiger partial charge on any atom is 0.219 e. The molecule has 1 N–H and O–H groups in total. The molecule has 0 fully saturated rings. The third-order valence-electron chi connectivity index (χ3n) is 5.35. The maximum atomic E-state index is 10.9. The first-order chi connectivity index (χ1) is 15.7. The van der Waals surface area contributed by atoms with Crippen LogP contribution in [0.5, 0.6) is 17.4 Å². The van der Waals surface area contributed by atoms with Crippen molar-refractivity contribution in [2.24, 2.45) is 0 Å². The number of rotatable bonds is 6. The quantitative estimate of drug-likeness (QED) is 0.379. The Morgan fingerprint density at radius 2 is 1.69 bits per heavy atom. The summed E-state index contributed by atoms with van der Waals surface area (Å²) in [5, 5.41) is 17.4. The predicted molar refractivity (Wildman–Crippen MR) is 126 cm³/mol. The van der Waals surface area contributed by atoms with Crippen LogP contribution in [0.15, 0.2) is 72.4 Å². The van der Waals surface area contributed by atoms with Crippen LogP contribution < -0.4 is 9.47 Å². The zero-order chi connectivity index (χ0) is 22.1. The fraction of sp³-hybridized carbons (Fsp3) is 0.120. The SMILES string of the molecule is COc1cc(Cc2cnc3c(-c4cc(-c5ccccc5)cs4)cnn3c2O)cc(OC)c1. The van der Waals surface area contributed by atoms with Gasteiger partial charge in [0, 0.05) is 29.1 Å². The lowest BCUT2D eigenvalue weighted by Gasteiger charge is -2.10. The minimum Gasteiger partial charge on any atom is -0.497 e. The van der Waals surface area contributed by atoms with Gasteiger partial charge in [0.15, 0.2) is 5.65 Å². The summed E-state index contributed by atoms with van der Waals surface area (Å²) in [4.78, 5) is 5.68. The number of nitrogens with zero attached hydrogens (tertiary/aromatic N) is 3. The molecule has 160 valence electrons. The Hall–Kier alpha value is -3.84. The van der Waals surface area contributed by atoms with Crippen LogP contribution in [-0.4, -0.2) is 33.9 Å². The number of methoxy groups -OCH3 is 2. The number of aromatic hydroxyl groups is 1. The second kappa shape index (κ2) is 8.36. The van der Waals surface area contributed by atoms with Gasteiger partial charge in [-0.05, 0) is 40.3 Å². The molecule has 0 aliphatic rings. The lowest BCUT2D eigenvalue weighted by atomic mass is 10.1. The lowest BCUT2D eigenvalue weighted by molar-refractivity contribution is 0.393. The Labute approximate surface area is 189 Å². The van der Waals surface area contributed by atoms with Crippen molar-refractivity contribution in [3.05, 3.63) is 83.5 Å². The van der Waals surface area contributed by atoms with E-state index in [0.29, 0.717) is 29.1 Å². The number of hydrogen-bond donors (Lipinski definition) is 1. The van der Waals surface area contributed by atoms with Crippen LogP contribution in [0.1, 0.15) is 11.1 Å². The minimum absolute atomic E-state index is 0.0721. The van der Waals surface area contributed by atoms with Crippen LogP contribution in [-0.2, 0) is 6.42 Å². The molecule has 0 unspecified atom stereocenters. The first kappa shape index (κ1) is 20.1. The summed E-state index contributed by atoms with van der Waals surface area (Å²) in [7, 11) is 3.23. The number of thiophene rings is 1. The van der Waals surface area contributed by atoms with E-state index in [1.54, 1.807) is 38.0 Å². The third-order valence-corrected chi connectivity index (χ3v) is 6.32. The average molecular weight is 444 g/mol. The van der Waals surface area contributed by atoms with E-state index in [1.807, 2.05) is 36.4 Å². The van der Waals surface area contributed by atoms with Gasteiger partial charge in [-0.25, -0.2) is 4.98 Å². The molecule has 0 saturated carbocycles. The second-order valence-corrected chi connectivity index (χ2v) is 8.28. The Morgan fingerprint density at radius 1 is 0.938 bits per heavy atom. The molecule has 0 bridgehead atoms. The summed E-state index contributed by atoms with van der Waals surface area (Å²) in [5.74, 6) is 1.46. The van der Waals surface area contributed by atoms with Crippen molar-refractivity contribution in [2.75, 3.05) is 14.2 Å². The van der Waals surface area contributed by atoms with Crippen LogP contribution in [0.25, 0.3) is 27.2 Å². The predicted octanol–water partition coefficient (Wildman–Crippen LogP) is 5.44. The molecule has 6 nitrogen and oxygen atoms in total. The van der Waals surface area contributed by atoms with Crippen LogP contribution in [0.4, 0.5) is 0 Å². The van der Waals surface area contributed by atoms with Gasteiger partial charge in [0.1, 0.15) is 11.5 Å². The number of benzene rings is 2. The van der Waals surface area contributed by atoms with Gasteiger partial charge in [-0.2, -0.15) is 9.61 Å². The van der Waals surface area contributed by atoms with Crippen molar-refractivity contribution in [3.63, 3.8) is 0 Å². The van der Waals surface area contributed by atoms with Crippen LogP contribution >= 0.6 is 11.3 Å². The Balaban J connectivity index is 1.49. The Morgan fingerprint density at radius 3 is 2.41 bits per heavy atom. The van der Waals surface area contributed by atoms with Crippen molar-refractivity contribution in [3.8, 4) is 38.9 Å².